The van der Waals surface area contributed by atoms with Crippen LogP contribution in [0.4, 0.5) is 0 Å². The number of hydrogen-bond acceptors (Lipinski definition) is 3. The number of furan rings is 1. The first-order valence-electron chi connectivity index (χ1n) is 5.35. The first-order chi connectivity index (χ1) is 7.60. The second-order valence-corrected chi connectivity index (χ2v) is 4.13. The Bertz CT molecular complexity index is 497. The molecule has 0 bridgehead atoms. The lowest BCUT2D eigenvalue weighted by atomic mass is 10.1. The molecular weight excluding hydrogens is 204 g/mol. The largest absolute Gasteiger partial charge is 0.493 e. The Hall–Kier alpha value is -1.48. The van der Waals surface area contributed by atoms with Crippen LogP contribution in [-0.2, 0) is 6.42 Å². The summed E-state index contributed by atoms with van der Waals surface area (Å²) in [5.74, 6) is 1.59. The maximum absolute atomic E-state index is 9.38. The summed E-state index contributed by atoms with van der Waals surface area (Å²) in [6.07, 6.45) is 0.270. The van der Waals surface area contributed by atoms with Crippen molar-refractivity contribution in [1.82, 2.24) is 0 Å². The lowest BCUT2D eigenvalue weighted by Gasteiger charge is -2.07. The van der Waals surface area contributed by atoms with E-state index >= 15 is 0 Å². The van der Waals surface area contributed by atoms with Crippen LogP contribution in [-0.4, -0.2) is 18.3 Å². The smallest absolute Gasteiger partial charge is 0.176 e. The first-order valence-corrected chi connectivity index (χ1v) is 5.35. The van der Waals surface area contributed by atoms with E-state index < -0.39 is 0 Å². The van der Waals surface area contributed by atoms with Crippen LogP contribution in [0.3, 0.4) is 0 Å². The summed E-state index contributed by atoms with van der Waals surface area (Å²) in [7, 11) is 1.62. The van der Waals surface area contributed by atoms with Gasteiger partial charge in [0.05, 0.1) is 13.2 Å². The highest BCUT2D eigenvalue weighted by atomic mass is 16.5. The molecule has 0 saturated heterocycles. The molecular formula is C13H16O3. The van der Waals surface area contributed by atoms with Crippen molar-refractivity contribution < 1.29 is 14.3 Å². The van der Waals surface area contributed by atoms with Crippen molar-refractivity contribution in [3.63, 3.8) is 0 Å². The number of methoxy groups -OCH3 is 1. The molecule has 0 spiro atoms. The van der Waals surface area contributed by atoms with Crippen LogP contribution < -0.4 is 4.74 Å². The number of rotatable bonds is 3. The molecule has 0 fully saturated rings. The molecule has 3 heteroatoms. The SMILES string of the molecule is COc1cc(CC(C)O)cc2cc(C)oc12. The Kier molecular flexibility index (Phi) is 2.88. The molecule has 1 heterocycles. The minimum absolute atomic E-state index is 0.352. The van der Waals surface area contributed by atoms with Crippen LogP contribution in [0, 0.1) is 6.92 Å². The molecule has 1 atom stereocenters. The summed E-state index contributed by atoms with van der Waals surface area (Å²) in [5.41, 5.74) is 1.83. The molecule has 1 aromatic heterocycles. The van der Waals surface area contributed by atoms with Crippen LogP contribution in [0.1, 0.15) is 18.2 Å². The molecule has 0 aliphatic heterocycles. The van der Waals surface area contributed by atoms with Gasteiger partial charge in [0.1, 0.15) is 5.76 Å². The zero-order valence-electron chi connectivity index (χ0n) is 9.78. The summed E-state index contributed by atoms with van der Waals surface area (Å²) in [5, 5.41) is 10.4. The molecule has 86 valence electrons. The van der Waals surface area contributed by atoms with Gasteiger partial charge in [0.2, 0.25) is 0 Å². The number of fused-ring (bicyclic) bond motifs is 1. The van der Waals surface area contributed by atoms with Gasteiger partial charge in [0.25, 0.3) is 0 Å². The van der Waals surface area contributed by atoms with Gasteiger partial charge in [-0.25, -0.2) is 0 Å². The van der Waals surface area contributed by atoms with E-state index in [4.69, 9.17) is 9.15 Å². The summed E-state index contributed by atoms with van der Waals surface area (Å²) in [4.78, 5) is 0. The number of aryl methyl sites for hydroxylation is 1. The van der Waals surface area contributed by atoms with E-state index in [0.29, 0.717) is 6.42 Å². The average molecular weight is 220 g/mol. The second kappa shape index (κ2) is 4.18. The molecule has 0 amide bonds. The number of benzene rings is 1. The van der Waals surface area contributed by atoms with Crippen molar-refractivity contribution in [3.05, 3.63) is 29.5 Å². The second-order valence-electron chi connectivity index (χ2n) is 4.13. The number of ether oxygens (including phenoxy) is 1. The van der Waals surface area contributed by atoms with E-state index in [1.54, 1.807) is 14.0 Å². The normalized spacial score (nSPS) is 13.0. The molecule has 0 radical (unpaired) electrons. The third-order valence-electron chi connectivity index (χ3n) is 2.52. The topological polar surface area (TPSA) is 42.6 Å². The van der Waals surface area contributed by atoms with Crippen molar-refractivity contribution in [2.24, 2.45) is 0 Å². The Labute approximate surface area is 94.6 Å². The zero-order valence-corrected chi connectivity index (χ0v) is 9.78. The van der Waals surface area contributed by atoms with Crippen LogP contribution in [0.5, 0.6) is 5.75 Å². The molecule has 0 aliphatic rings. The quantitative estimate of drug-likeness (QED) is 0.864. The van der Waals surface area contributed by atoms with Gasteiger partial charge in [-0.05, 0) is 44.0 Å². The maximum Gasteiger partial charge on any atom is 0.176 e. The molecule has 1 N–H and O–H groups in total. The van der Waals surface area contributed by atoms with E-state index in [-0.39, 0.29) is 6.10 Å². The van der Waals surface area contributed by atoms with Gasteiger partial charge in [0.15, 0.2) is 11.3 Å². The first kappa shape index (κ1) is 11.0. The fourth-order valence-corrected chi connectivity index (χ4v) is 1.92. The van der Waals surface area contributed by atoms with Crippen LogP contribution >= 0.6 is 0 Å². The Morgan fingerprint density at radius 3 is 2.75 bits per heavy atom. The van der Waals surface area contributed by atoms with Crippen molar-refractivity contribution >= 4 is 11.0 Å². The van der Waals surface area contributed by atoms with Gasteiger partial charge < -0.3 is 14.3 Å². The van der Waals surface area contributed by atoms with E-state index in [1.165, 1.54) is 0 Å². The van der Waals surface area contributed by atoms with Crippen molar-refractivity contribution in [3.8, 4) is 5.75 Å². The van der Waals surface area contributed by atoms with E-state index in [1.807, 2.05) is 25.1 Å². The van der Waals surface area contributed by atoms with Crippen molar-refractivity contribution in [1.29, 1.82) is 0 Å². The van der Waals surface area contributed by atoms with E-state index in [2.05, 4.69) is 0 Å². The summed E-state index contributed by atoms with van der Waals surface area (Å²) in [6, 6.07) is 5.92. The number of aliphatic hydroxyl groups is 1. The Morgan fingerprint density at radius 1 is 1.38 bits per heavy atom. The third kappa shape index (κ3) is 2.04. The fraction of sp³-hybridized carbons (Fsp3) is 0.385. The molecule has 3 nitrogen and oxygen atoms in total. The van der Waals surface area contributed by atoms with Gasteiger partial charge in [-0.15, -0.1) is 0 Å². The van der Waals surface area contributed by atoms with E-state index in [9.17, 15) is 5.11 Å². The molecule has 0 aliphatic carbocycles. The van der Waals surface area contributed by atoms with E-state index in [0.717, 1.165) is 28.0 Å². The minimum Gasteiger partial charge on any atom is -0.493 e. The molecule has 1 unspecified atom stereocenters. The van der Waals surface area contributed by atoms with Crippen molar-refractivity contribution in [2.75, 3.05) is 7.11 Å². The monoisotopic (exact) mass is 220 g/mol. The van der Waals surface area contributed by atoms with Crippen LogP contribution in [0.25, 0.3) is 11.0 Å². The van der Waals surface area contributed by atoms with Crippen LogP contribution in [0.15, 0.2) is 22.6 Å². The summed E-state index contributed by atoms with van der Waals surface area (Å²) in [6.45, 7) is 3.69. The Morgan fingerprint density at radius 2 is 2.12 bits per heavy atom. The molecule has 1 aromatic carbocycles. The molecule has 16 heavy (non-hydrogen) atoms. The fourth-order valence-electron chi connectivity index (χ4n) is 1.92. The van der Waals surface area contributed by atoms with Gasteiger partial charge in [-0.2, -0.15) is 0 Å². The lowest BCUT2D eigenvalue weighted by molar-refractivity contribution is 0.195. The predicted octanol–water partition coefficient (Wildman–Crippen LogP) is 2.67. The number of hydrogen-bond donors (Lipinski definition) is 1. The molecule has 2 rings (SSSR count). The highest BCUT2D eigenvalue weighted by Gasteiger charge is 2.10. The predicted molar refractivity (Wildman–Crippen MR) is 62.9 cm³/mol. The summed E-state index contributed by atoms with van der Waals surface area (Å²) >= 11 is 0. The standard InChI is InChI=1S/C13H16O3/c1-8(14)4-10-6-11-5-9(2)16-13(11)12(7-10)15-3/h5-8,14H,4H2,1-3H3. The third-order valence-corrected chi connectivity index (χ3v) is 2.52. The molecule has 2 aromatic rings. The maximum atomic E-state index is 9.38. The van der Waals surface area contributed by atoms with Gasteiger partial charge >= 0.3 is 0 Å². The minimum atomic E-state index is -0.352. The average Bonchev–Trinajstić information content (AvgIpc) is 2.56. The number of aliphatic hydroxyl groups excluding tert-OH is 1. The zero-order chi connectivity index (χ0) is 11.7. The lowest BCUT2D eigenvalue weighted by Crippen LogP contribution is -2.04. The highest BCUT2D eigenvalue weighted by molar-refractivity contribution is 5.84. The molecule has 0 saturated carbocycles. The Balaban J connectivity index is 2.53. The summed E-state index contributed by atoms with van der Waals surface area (Å²) < 4.78 is 10.9. The van der Waals surface area contributed by atoms with Gasteiger partial charge in [0, 0.05) is 5.39 Å². The van der Waals surface area contributed by atoms with Crippen molar-refractivity contribution in [2.45, 2.75) is 26.4 Å². The van der Waals surface area contributed by atoms with Gasteiger partial charge in [-0.1, -0.05) is 0 Å². The van der Waals surface area contributed by atoms with Crippen LogP contribution in [0.2, 0.25) is 0 Å². The highest BCUT2D eigenvalue weighted by Crippen LogP contribution is 2.30. The van der Waals surface area contributed by atoms with Gasteiger partial charge in [-0.3, -0.25) is 0 Å².